The number of hydrogen-bond donors (Lipinski definition) is 1. The molecule has 0 saturated carbocycles. The van der Waals surface area contributed by atoms with Gasteiger partial charge in [-0.05, 0) is 36.6 Å². The van der Waals surface area contributed by atoms with Crippen LogP contribution in [0.1, 0.15) is 24.9 Å². The second kappa shape index (κ2) is 3.69. The molecule has 70 valence electrons. The maximum Gasteiger partial charge on any atom is 0.0409 e. The Hall–Kier alpha value is -0.530. The Labute approximate surface area is 84.1 Å². The van der Waals surface area contributed by atoms with Crippen LogP contribution >= 0.6 is 11.6 Å². The summed E-state index contributed by atoms with van der Waals surface area (Å²) in [5, 5.41) is 4.32. The fourth-order valence-electron chi connectivity index (χ4n) is 1.89. The molecule has 2 rings (SSSR count). The summed E-state index contributed by atoms with van der Waals surface area (Å²) in [5.74, 6) is 0.781. The van der Waals surface area contributed by atoms with Crippen LogP contribution in [0, 0.1) is 5.92 Å². The zero-order valence-corrected chi connectivity index (χ0v) is 8.51. The van der Waals surface area contributed by atoms with Gasteiger partial charge in [-0.1, -0.05) is 30.7 Å². The summed E-state index contributed by atoms with van der Waals surface area (Å²) in [6.07, 6.45) is 1.22. The summed E-state index contributed by atoms with van der Waals surface area (Å²) in [5.41, 5.74) is 1.32. The number of rotatable bonds is 1. The lowest BCUT2D eigenvalue weighted by molar-refractivity contribution is 0.612. The maximum atomic E-state index is 5.93. The van der Waals surface area contributed by atoms with Gasteiger partial charge in [0.15, 0.2) is 0 Å². The highest BCUT2D eigenvalue weighted by molar-refractivity contribution is 6.30. The lowest BCUT2D eigenvalue weighted by Crippen LogP contribution is -2.13. The first-order valence-electron chi connectivity index (χ1n) is 4.74. The van der Waals surface area contributed by atoms with Crippen molar-refractivity contribution in [3.63, 3.8) is 0 Å². The van der Waals surface area contributed by atoms with Crippen LogP contribution in [0.5, 0.6) is 0 Å². The quantitative estimate of drug-likeness (QED) is 0.727. The molecule has 1 aliphatic rings. The molecule has 0 bridgehead atoms. The second-order valence-electron chi connectivity index (χ2n) is 3.86. The van der Waals surface area contributed by atoms with Gasteiger partial charge in [-0.25, -0.2) is 0 Å². The van der Waals surface area contributed by atoms with Crippen molar-refractivity contribution in [3.8, 4) is 0 Å². The zero-order valence-electron chi connectivity index (χ0n) is 7.76. The molecule has 1 aromatic carbocycles. The van der Waals surface area contributed by atoms with E-state index in [1.807, 2.05) is 12.1 Å². The summed E-state index contributed by atoms with van der Waals surface area (Å²) < 4.78 is 0. The van der Waals surface area contributed by atoms with Crippen LogP contribution in [-0.2, 0) is 0 Å². The fraction of sp³-hybridized carbons (Fsp3) is 0.455. The first kappa shape index (κ1) is 9.04. The smallest absolute Gasteiger partial charge is 0.0409 e. The topological polar surface area (TPSA) is 12.0 Å². The van der Waals surface area contributed by atoms with Crippen LogP contribution in [-0.4, -0.2) is 6.54 Å². The fourth-order valence-corrected chi connectivity index (χ4v) is 2.09. The minimum Gasteiger partial charge on any atom is -0.310 e. The number of halogens is 1. The SMILES string of the molecule is C[C@@H]1CN[C@@H](c2cccc(Cl)c2)C1. The van der Waals surface area contributed by atoms with Gasteiger partial charge < -0.3 is 5.32 Å². The molecule has 1 fully saturated rings. The summed E-state index contributed by atoms with van der Waals surface area (Å²) in [6.45, 7) is 3.40. The molecular weight excluding hydrogens is 182 g/mol. The third kappa shape index (κ3) is 2.04. The first-order valence-corrected chi connectivity index (χ1v) is 5.12. The maximum absolute atomic E-state index is 5.93. The van der Waals surface area contributed by atoms with Crippen molar-refractivity contribution in [1.82, 2.24) is 5.32 Å². The van der Waals surface area contributed by atoms with E-state index in [-0.39, 0.29) is 0 Å². The van der Waals surface area contributed by atoms with E-state index in [0.717, 1.165) is 17.5 Å². The van der Waals surface area contributed by atoms with Crippen molar-refractivity contribution in [1.29, 1.82) is 0 Å². The van der Waals surface area contributed by atoms with E-state index in [2.05, 4.69) is 24.4 Å². The molecule has 0 unspecified atom stereocenters. The largest absolute Gasteiger partial charge is 0.310 e. The lowest BCUT2D eigenvalue weighted by Gasteiger charge is -2.10. The van der Waals surface area contributed by atoms with Crippen molar-refractivity contribution < 1.29 is 0 Å². The van der Waals surface area contributed by atoms with E-state index < -0.39 is 0 Å². The average Bonchev–Trinajstić information content (AvgIpc) is 2.52. The van der Waals surface area contributed by atoms with Crippen LogP contribution in [0.3, 0.4) is 0 Å². The van der Waals surface area contributed by atoms with Gasteiger partial charge in [-0.2, -0.15) is 0 Å². The molecule has 13 heavy (non-hydrogen) atoms. The summed E-state index contributed by atoms with van der Waals surface area (Å²) in [6, 6.07) is 8.64. The minimum absolute atomic E-state index is 0.508. The molecule has 0 aromatic heterocycles. The summed E-state index contributed by atoms with van der Waals surface area (Å²) in [7, 11) is 0. The van der Waals surface area contributed by atoms with Crippen molar-refractivity contribution in [2.75, 3.05) is 6.54 Å². The van der Waals surface area contributed by atoms with E-state index in [0.29, 0.717) is 6.04 Å². The van der Waals surface area contributed by atoms with E-state index in [1.165, 1.54) is 12.0 Å². The van der Waals surface area contributed by atoms with Crippen LogP contribution in [0.25, 0.3) is 0 Å². The van der Waals surface area contributed by atoms with Gasteiger partial charge in [0.05, 0.1) is 0 Å². The monoisotopic (exact) mass is 195 g/mol. The van der Waals surface area contributed by atoms with Crippen LogP contribution in [0.15, 0.2) is 24.3 Å². The van der Waals surface area contributed by atoms with Crippen molar-refractivity contribution >= 4 is 11.6 Å². The van der Waals surface area contributed by atoms with Crippen LogP contribution < -0.4 is 5.32 Å². The van der Waals surface area contributed by atoms with Crippen molar-refractivity contribution in [2.24, 2.45) is 5.92 Å². The van der Waals surface area contributed by atoms with Gasteiger partial charge in [-0.15, -0.1) is 0 Å². The standard InChI is InChI=1S/C11H14ClN/c1-8-5-11(13-7-8)9-3-2-4-10(12)6-9/h2-4,6,8,11,13H,5,7H2,1H3/t8-,11+/m0/s1. The number of hydrogen-bond acceptors (Lipinski definition) is 1. The Morgan fingerprint density at radius 3 is 2.92 bits per heavy atom. The molecule has 0 aliphatic carbocycles. The Bertz CT molecular complexity index is 298. The molecule has 1 N–H and O–H groups in total. The van der Waals surface area contributed by atoms with Gasteiger partial charge in [0.2, 0.25) is 0 Å². The Morgan fingerprint density at radius 2 is 2.31 bits per heavy atom. The summed E-state index contributed by atoms with van der Waals surface area (Å²) >= 11 is 5.93. The molecule has 1 nitrogen and oxygen atoms in total. The van der Waals surface area contributed by atoms with Crippen molar-refractivity contribution in [3.05, 3.63) is 34.9 Å². The molecule has 2 atom stereocenters. The molecule has 1 heterocycles. The molecule has 0 radical (unpaired) electrons. The lowest BCUT2D eigenvalue weighted by atomic mass is 10.0. The van der Waals surface area contributed by atoms with Crippen LogP contribution in [0.2, 0.25) is 5.02 Å². The predicted octanol–water partition coefficient (Wildman–Crippen LogP) is 3.01. The Kier molecular flexibility index (Phi) is 2.56. The summed E-state index contributed by atoms with van der Waals surface area (Å²) in [4.78, 5) is 0. The van der Waals surface area contributed by atoms with E-state index >= 15 is 0 Å². The number of nitrogens with one attached hydrogen (secondary N) is 1. The van der Waals surface area contributed by atoms with Crippen LogP contribution in [0.4, 0.5) is 0 Å². The van der Waals surface area contributed by atoms with E-state index in [1.54, 1.807) is 0 Å². The van der Waals surface area contributed by atoms with Gasteiger partial charge in [0.25, 0.3) is 0 Å². The Balaban J connectivity index is 2.16. The zero-order chi connectivity index (χ0) is 9.26. The second-order valence-corrected chi connectivity index (χ2v) is 4.29. The molecule has 0 amide bonds. The van der Waals surface area contributed by atoms with E-state index in [9.17, 15) is 0 Å². The van der Waals surface area contributed by atoms with Gasteiger partial charge in [0.1, 0.15) is 0 Å². The minimum atomic E-state index is 0.508. The third-order valence-corrected chi connectivity index (χ3v) is 2.84. The highest BCUT2D eigenvalue weighted by Crippen LogP contribution is 2.27. The Morgan fingerprint density at radius 1 is 1.46 bits per heavy atom. The molecule has 0 spiro atoms. The third-order valence-electron chi connectivity index (χ3n) is 2.60. The van der Waals surface area contributed by atoms with Gasteiger partial charge in [0, 0.05) is 11.1 Å². The highest BCUT2D eigenvalue weighted by atomic mass is 35.5. The number of benzene rings is 1. The van der Waals surface area contributed by atoms with E-state index in [4.69, 9.17) is 11.6 Å². The molecule has 1 saturated heterocycles. The molecule has 2 heteroatoms. The predicted molar refractivity (Wildman–Crippen MR) is 56.0 cm³/mol. The molecule has 1 aromatic rings. The van der Waals surface area contributed by atoms with Gasteiger partial charge >= 0.3 is 0 Å². The van der Waals surface area contributed by atoms with Gasteiger partial charge in [-0.3, -0.25) is 0 Å². The molecular formula is C11H14ClN. The average molecular weight is 196 g/mol. The highest BCUT2D eigenvalue weighted by Gasteiger charge is 2.21. The molecule has 1 aliphatic heterocycles. The first-order chi connectivity index (χ1) is 6.25. The van der Waals surface area contributed by atoms with Crippen molar-refractivity contribution in [2.45, 2.75) is 19.4 Å². The normalized spacial score (nSPS) is 27.8.